The number of ether oxygens (including phenoxy) is 1. The first-order chi connectivity index (χ1) is 11.7. The van der Waals surface area contributed by atoms with Gasteiger partial charge in [-0.15, -0.1) is 13.2 Å². The Bertz CT molecular complexity index is 948. The van der Waals surface area contributed by atoms with Gasteiger partial charge in [-0.05, 0) is 36.8 Å². The van der Waals surface area contributed by atoms with Crippen LogP contribution in [0.4, 0.5) is 18.9 Å². The molecule has 5 nitrogen and oxygen atoms in total. The van der Waals surface area contributed by atoms with E-state index in [0.717, 1.165) is 11.5 Å². The van der Waals surface area contributed by atoms with Crippen molar-refractivity contribution in [2.24, 2.45) is 7.05 Å². The Hall–Kier alpha value is -3.03. The molecule has 0 aliphatic rings. The number of aromatic nitrogens is 2. The van der Waals surface area contributed by atoms with Crippen LogP contribution in [0.3, 0.4) is 0 Å². The summed E-state index contributed by atoms with van der Waals surface area (Å²) in [5.74, 6) is -0.888. The highest BCUT2D eigenvalue weighted by molar-refractivity contribution is 6.04. The molecule has 0 spiro atoms. The number of fused-ring (bicyclic) bond motifs is 1. The minimum absolute atomic E-state index is 0.160. The summed E-state index contributed by atoms with van der Waals surface area (Å²) >= 11 is 0. The van der Waals surface area contributed by atoms with Crippen molar-refractivity contribution in [2.75, 3.05) is 5.32 Å². The first-order valence-electron chi connectivity index (χ1n) is 7.33. The number of nitrogens with one attached hydrogen (secondary N) is 1. The maximum Gasteiger partial charge on any atom is 0.573 e. The predicted octanol–water partition coefficient (Wildman–Crippen LogP) is 4.03. The van der Waals surface area contributed by atoms with Gasteiger partial charge in [0.05, 0.1) is 0 Å². The summed E-state index contributed by atoms with van der Waals surface area (Å²) in [7, 11) is 1.80. The van der Waals surface area contributed by atoms with Crippen molar-refractivity contribution >= 4 is 22.6 Å². The smallest absolute Gasteiger partial charge is 0.405 e. The van der Waals surface area contributed by atoms with Crippen LogP contribution in [-0.2, 0) is 7.05 Å². The van der Waals surface area contributed by atoms with E-state index in [1.54, 1.807) is 23.7 Å². The largest absolute Gasteiger partial charge is 0.573 e. The van der Waals surface area contributed by atoms with Crippen molar-refractivity contribution in [3.63, 3.8) is 0 Å². The van der Waals surface area contributed by atoms with Gasteiger partial charge in [-0.2, -0.15) is 0 Å². The summed E-state index contributed by atoms with van der Waals surface area (Å²) in [5, 5.41) is 3.41. The average molecular weight is 349 g/mol. The number of anilines is 1. The fourth-order valence-electron chi connectivity index (χ4n) is 2.37. The molecule has 2 aromatic heterocycles. The number of benzene rings is 1. The molecule has 0 radical (unpaired) electrons. The fourth-order valence-corrected chi connectivity index (χ4v) is 2.37. The summed E-state index contributed by atoms with van der Waals surface area (Å²) < 4.78 is 43.0. The van der Waals surface area contributed by atoms with Gasteiger partial charge in [0.15, 0.2) is 0 Å². The lowest BCUT2D eigenvalue weighted by Gasteiger charge is -2.13. The van der Waals surface area contributed by atoms with Crippen molar-refractivity contribution in [1.29, 1.82) is 0 Å². The van der Waals surface area contributed by atoms with Crippen molar-refractivity contribution in [1.82, 2.24) is 9.55 Å². The Morgan fingerprint density at radius 3 is 2.68 bits per heavy atom. The van der Waals surface area contributed by atoms with Gasteiger partial charge in [-0.3, -0.25) is 4.79 Å². The predicted molar refractivity (Wildman–Crippen MR) is 86.5 cm³/mol. The Kier molecular flexibility index (Phi) is 4.12. The van der Waals surface area contributed by atoms with E-state index in [9.17, 15) is 18.0 Å². The number of pyridine rings is 1. The zero-order valence-electron chi connectivity index (χ0n) is 13.4. The fraction of sp³-hybridized carbons (Fsp3) is 0.176. The monoisotopic (exact) mass is 349 g/mol. The first kappa shape index (κ1) is 16.8. The summed E-state index contributed by atoms with van der Waals surface area (Å²) in [4.78, 5) is 16.6. The molecule has 1 N–H and O–H groups in total. The number of carbonyl (C=O) groups excluding carboxylic acids is 1. The van der Waals surface area contributed by atoms with Gasteiger partial charge in [-0.25, -0.2) is 4.98 Å². The number of hydrogen-bond acceptors (Lipinski definition) is 3. The van der Waals surface area contributed by atoms with Gasteiger partial charge in [0.25, 0.3) is 5.91 Å². The number of aryl methyl sites for hydroxylation is 2. The molecule has 1 aromatic carbocycles. The highest BCUT2D eigenvalue weighted by Gasteiger charge is 2.31. The second-order valence-corrected chi connectivity index (χ2v) is 5.52. The Morgan fingerprint density at radius 2 is 1.96 bits per heavy atom. The van der Waals surface area contributed by atoms with E-state index in [4.69, 9.17) is 0 Å². The van der Waals surface area contributed by atoms with Crippen LogP contribution in [0, 0.1) is 6.92 Å². The maximum absolute atomic E-state index is 12.4. The molecule has 3 rings (SSSR count). The second-order valence-electron chi connectivity index (χ2n) is 5.52. The van der Waals surface area contributed by atoms with E-state index in [1.807, 2.05) is 12.3 Å². The molecule has 1 amide bonds. The summed E-state index contributed by atoms with van der Waals surface area (Å²) in [6.07, 6.45) is -2.98. The molecule has 0 saturated heterocycles. The van der Waals surface area contributed by atoms with Crippen LogP contribution in [0.15, 0.2) is 42.6 Å². The number of hydrogen-bond donors (Lipinski definition) is 1. The molecule has 0 unspecified atom stereocenters. The van der Waals surface area contributed by atoms with E-state index < -0.39 is 12.3 Å². The second kappa shape index (κ2) is 6.12. The number of halogens is 3. The van der Waals surface area contributed by atoms with Gasteiger partial charge in [-0.1, -0.05) is 6.07 Å². The van der Waals surface area contributed by atoms with Gasteiger partial charge >= 0.3 is 6.36 Å². The van der Waals surface area contributed by atoms with Crippen LogP contribution in [-0.4, -0.2) is 21.8 Å². The van der Waals surface area contributed by atoms with E-state index >= 15 is 0 Å². The van der Waals surface area contributed by atoms with Crippen molar-refractivity contribution in [3.8, 4) is 5.75 Å². The van der Waals surface area contributed by atoms with Crippen molar-refractivity contribution in [3.05, 3.63) is 53.9 Å². The molecule has 0 bridgehead atoms. The van der Waals surface area contributed by atoms with Gasteiger partial charge < -0.3 is 14.6 Å². The van der Waals surface area contributed by atoms with E-state index in [1.165, 1.54) is 19.1 Å². The maximum atomic E-state index is 12.4. The Labute approximate surface area is 141 Å². The van der Waals surface area contributed by atoms with E-state index in [2.05, 4.69) is 15.0 Å². The molecular weight excluding hydrogens is 335 g/mol. The zero-order valence-corrected chi connectivity index (χ0v) is 13.4. The third-order valence-corrected chi connectivity index (χ3v) is 3.62. The molecule has 8 heteroatoms. The molecule has 0 atom stereocenters. The SMILES string of the molecule is Cc1ccc(NC(=O)c2ccc3ccn(C)c3n2)cc1OC(F)(F)F. The van der Waals surface area contributed by atoms with Crippen molar-refractivity contribution in [2.45, 2.75) is 13.3 Å². The van der Waals surface area contributed by atoms with Gasteiger partial charge in [0.2, 0.25) is 0 Å². The number of rotatable bonds is 3. The first-order valence-corrected chi connectivity index (χ1v) is 7.33. The molecule has 0 aliphatic carbocycles. The van der Waals surface area contributed by atoms with E-state index in [0.29, 0.717) is 11.2 Å². The summed E-state index contributed by atoms with van der Waals surface area (Å²) in [6, 6.07) is 9.23. The van der Waals surface area contributed by atoms with Gasteiger partial charge in [0.1, 0.15) is 17.1 Å². The standard InChI is InChI=1S/C17H14F3N3O2/c1-10-3-5-12(9-14(10)25-17(18,19)20)21-16(24)13-6-4-11-7-8-23(2)15(11)22-13/h3-9H,1-2H3,(H,21,24). The number of nitrogens with zero attached hydrogens (tertiary/aromatic N) is 2. The van der Waals surface area contributed by atoms with E-state index in [-0.39, 0.29) is 17.1 Å². The molecule has 25 heavy (non-hydrogen) atoms. The van der Waals surface area contributed by atoms with Crippen LogP contribution in [0.2, 0.25) is 0 Å². The normalized spacial score (nSPS) is 11.6. The third-order valence-electron chi connectivity index (χ3n) is 3.62. The van der Waals surface area contributed by atoms with Crippen LogP contribution in [0.25, 0.3) is 11.0 Å². The highest BCUT2D eigenvalue weighted by Crippen LogP contribution is 2.29. The van der Waals surface area contributed by atoms with Gasteiger partial charge in [0, 0.05) is 30.4 Å². The minimum atomic E-state index is -4.80. The van der Waals surface area contributed by atoms with Crippen LogP contribution >= 0.6 is 0 Å². The van der Waals surface area contributed by atoms with Crippen LogP contribution < -0.4 is 10.1 Å². The molecule has 0 fully saturated rings. The molecule has 2 heterocycles. The molecule has 0 aliphatic heterocycles. The number of carbonyl (C=O) groups is 1. The lowest BCUT2D eigenvalue weighted by Crippen LogP contribution is -2.18. The number of amides is 1. The molecule has 3 aromatic rings. The Balaban J connectivity index is 1.84. The topological polar surface area (TPSA) is 56.2 Å². The summed E-state index contributed by atoms with van der Waals surface area (Å²) in [6.45, 7) is 1.48. The quantitative estimate of drug-likeness (QED) is 0.777. The van der Waals surface area contributed by atoms with Crippen LogP contribution in [0.5, 0.6) is 5.75 Å². The molecule has 0 saturated carbocycles. The summed E-state index contributed by atoms with van der Waals surface area (Å²) in [5.41, 5.74) is 1.29. The average Bonchev–Trinajstić information content (AvgIpc) is 2.90. The molecular formula is C17H14F3N3O2. The van der Waals surface area contributed by atoms with Crippen LogP contribution in [0.1, 0.15) is 16.1 Å². The Morgan fingerprint density at radius 1 is 1.20 bits per heavy atom. The van der Waals surface area contributed by atoms with Crippen molar-refractivity contribution < 1.29 is 22.7 Å². The minimum Gasteiger partial charge on any atom is -0.405 e. The lowest BCUT2D eigenvalue weighted by atomic mass is 10.2. The molecule has 130 valence electrons. The highest BCUT2D eigenvalue weighted by atomic mass is 19.4. The number of alkyl halides is 3. The zero-order chi connectivity index (χ0) is 18.2. The third kappa shape index (κ3) is 3.73. The lowest BCUT2D eigenvalue weighted by molar-refractivity contribution is -0.274.